The number of aryl methyl sites for hydroxylation is 1. The second-order valence-electron chi connectivity index (χ2n) is 5.47. The zero-order valence-corrected chi connectivity index (χ0v) is 13.2. The van der Waals surface area contributed by atoms with E-state index in [2.05, 4.69) is 17.4 Å². The van der Waals surface area contributed by atoms with Crippen LogP contribution in [0.1, 0.15) is 29.3 Å². The minimum absolute atomic E-state index is 0.0576. The summed E-state index contributed by atoms with van der Waals surface area (Å²) in [5, 5.41) is 2.92. The molecule has 0 unspecified atom stereocenters. The molecule has 1 N–H and O–H groups in total. The molecule has 4 heteroatoms. The molecular formula is C19H21NO3. The zero-order valence-electron chi connectivity index (χ0n) is 13.2. The standard InChI is InChI=1S/C19H21NO3/c1-15(10-11-16-6-3-2-4-7-16)20-19(22)14-23-18-9-5-8-17(12-18)13-21/h2-9,12-13,15H,10-11,14H2,1H3,(H,20,22)/t15-/m0/s1. The van der Waals surface area contributed by atoms with Gasteiger partial charge in [0.05, 0.1) is 0 Å². The smallest absolute Gasteiger partial charge is 0.258 e. The summed E-state index contributed by atoms with van der Waals surface area (Å²) < 4.78 is 5.40. The largest absolute Gasteiger partial charge is 0.484 e. The fourth-order valence-electron chi connectivity index (χ4n) is 2.24. The van der Waals surface area contributed by atoms with E-state index >= 15 is 0 Å². The van der Waals surface area contributed by atoms with Gasteiger partial charge in [-0.15, -0.1) is 0 Å². The number of amides is 1. The summed E-state index contributed by atoms with van der Waals surface area (Å²) in [5.74, 6) is 0.351. The van der Waals surface area contributed by atoms with Gasteiger partial charge in [0.25, 0.3) is 5.91 Å². The fourth-order valence-corrected chi connectivity index (χ4v) is 2.24. The number of carbonyl (C=O) groups is 2. The predicted octanol–water partition coefficient (Wildman–Crippen LogP) is 3.02. The van der Waals surface area contributed by atoms with Gasteiger partial charge in [0.2, 0.25) is 0 Å². The second-order valence-corrected chi connectivity index (χ2v) is 5.47. The third kappa shape index (κ3) is 5.94. The summed E-state index contributed by atoms with van der Waals surface area (Å²) >= 11 is 0. The van der Waals surface area contributed by atoms with Gasteiger partial charge in [-0.05, 0) is 37.5 Å². The van der Waals surface area contributed by atoms with Crippen molar-refractivity contribution >= 4 is 12.2 Å². The van der Waals surface area contributed by atoms with Crippen LogP contribution in [0.15, 0.2) is 54.6 Å². The zero-order chi connectivity index (χ0) is 16.5. The van der Waals surface area contributed by atoms with Gasteiger partial charge >= 0.3 is 0 Å². The Kier molecular flexibility index (Phi) is 6.36. The first-order valence-corrected chi connectivity index (χ1v) is 7.68. The lowest BCUT2D eigenvalue weighted by Crippen LogP contribution is -2.36. The lowest BCUT2D eigenvalue weighted by molar-refractivity contribution is -0.123. The van der Waals surface area contributed by atoms with E-state index in [0.717, 1.165) is 19.1 Å². The Bertz CT molecular complexity index is 640. The van der Waals surface area contributed by atoms with Crippen molar-refractivity contribution in [1.82, 2.24) is 5.32 Å². The Hall–Kier alpha value is -2.62. The highest BCUT2D eigenvalue weighted by Crippen LogP contribution is 2.11. The molecule has 2 aromatic carbocycles. The molecule has 120 valence electrons. The van der Waals surface area contributed by atoms with Crippen LogP contribution in [0.5, 0.6) is 5.75 Å². The molecule has 0 radical (unpaired) electrons. The molecule has 4 nitrogen and oxygen atoms in total. The van der Waals surface area contributed by atoms with E-state index in [1.54, 1.807) is 24.3 Å². The van der Waals surface area contributed by atoms with Gasteiger partial charge in [-0.2, -0.15) is 0 Å². The first-order valence-electron chi connectivity index (χ1n) is 7.68. The normalized spacial score (nSPS) is 11.5. The average Bonchev–Trinajstić information content (AvgIpc) is 2.59. The van der Waals surface area contributed by atoms with Crippen molar-refractivity contribution in [2.75, 3.05) is 6.61 Å². The minimum atomic E-state index is -0.165. The lowest BCUT2D eigenvalue weighted by Gasteiger charge is -2.14. The summed E-state index contributed by atoms with van der Waals surface area (Å²) in [6, 6.07) is 17.0. The molecule has 0 bridgehead atoms. The van der Waals surface area contributed by atoms with Crippen molar-refractivity contribution in [2.45, 2.75) is 25.8 Å². The van der Waals surface area contributed by atoms with Crippen LogP contribution in [0.25, 0.3) is 0 Å². The van der Waals surface area contributed by atoms with Crippen LogP contribution in [0, 0.1) is 0 Å². The number of rotatable bonds is 8. The van der Waals surface area contributed by atoms with Crippen molar-refractivity contribution in [1.29, 1.82) is 0 Å². The molecule has 0 aliphatic carbocycles. The molecule has 2 aromatic rings. The Morgan fingerprint density at radius 1 is 1.17 bits per heavy atom. The van der Waals surface area contributed by atoms with Crippen LogP contribution in [0.3, 0.4) is 0 Å². The number of benzene rings is 2. The Labute approximate surface area is 136 Å². The molecular weight excluding hydrogens is 290 g/mol. The summed E-state index contributed by atoms with van der Waals surface area (Å²) in [6.07, 6.45) is 2.54. The Balaban J connectivity index is 1.72. The van der Waals surface area contributed by atoms with Gasteiger partial charge in [0, 0.05) is 11.6 Å². The van der Waals surface area contributed by atoms with Crippen LogP contribution in [-0.4, -0.2) is 24.8 Å². The van der Waals surface area contributed by atoms with E-state index in [1.807, 2.05) is 25.1 Å². The highest BCUT2D eigenvalue weighted by Gasteiger charge is 2.08. The minimum Gasteiger partial charge on any atom is -0.484 e. The van der Waals surface area contributed by atoms with Crippen LogP contribution in [0.4, 0.5) is 0 Å². The Morgan fingerprint density at radius 3 is 2.70 bits per heavy atom. The molecule has 0 fully saturated rings. The highest BCUT2D eigenvalue weighted by atomic mass is 16.5. The van der Waals surface area contributed by atoms with Crippen molar-refractivity contribution in [2.24, 2.45) is 0 Å². The second kappa shape index (κ2) is 8.73. The monoisotopic (exact) mass is 311 g/mol. The predicted molar refractivity (Wildman–Crippen MR) is 89.7 cm³/mol. The summed E-state index contributed by atoms with van der Waals surface area (Å²) in [5.41, 5.74) is 1.79. The van der Waals surface area contributed by atoms with Crippen molar-refractivity contribution in [3.63, 3.8) is 0 Å². The Morgan fingerprint density at radius 2 is 1.96 bits per heavy atom. The molecule has 0 aliphatic heterocycles. The van der Waals surface area contributed by atoms with Gasteiger partial charge in [-0.1, -0.05) is 42.5 Å². The van der Waals surface area contributed by atoms with Gasteiger partial charge in [-0.25, -0.2) is 0 Å². The maximum atomic E-state index is 11.9. The lowest BCUT2D eigenvalue weighted by atomic mass is 10.1. The van der Waals surface area contributed by atoms with Crippen LogP contribution < -0.4 is 10.1 Å². The third-order valence-corrected chi connectivity index (χ3v) is 3.48. The highest BCUT2D eigenvalue weighted by molar-refractivity contribution is 5.78. The third-order valence-electron chi connectivity index (χ3n) is 3.48. The molecule has 0 saturated heterocycles. The van der Waals surface area contributed by atoms with Crippen LogP contribution in [-0.2, 0) is 11.2 Å². The van der Waals surface area contributed by atoms with E-state index in [9.17, 15) is 9.59 Å². The fraction of sp³-hybridized carbons (Fsp3) is 0.263. The molecule has 1 atom stereocenters. The molecule has 0 aromatic heterocycles. The SMILES string of the molecule is C[C@@H](CCc1ccccc1)NC(=O)COc1cccc(C=O)c1. The maximum Gasteiger partial charge on any atom is 0.258 e. The number of hydrogen-bond donors (Lipinski definition) is 1. The first-order chi connectivity index (χ1) is 11.2. The van der Waals surface area contributed by atoms with Gasteiger partial charge in [0.15, 0.2) is 6.61 Å². The van der Waals surface area contributed by atoms with Crippen LogP contribution in [0.2, 0.25) is 0 Å². The number of nitrogens with one attached hydrogen (secondary N) is 1. The quantitative estimate of drug-likeness (QED) is 0.762. The summed E-state index contributed by atoms with van der Waals surface area (Å²) in [4.78, 5) is 22.6. The maximum absolute atomic E-state index is 11.9. The topological polar surface area (TPSA) is 55.4 Å². The van der Waals surface area contributed by atoms with Crippen LogP contribution >= 0.6 is 0 Å². The molecule has 2 rings (SSSR count). The summed E-state index contributed by atoms with van der Waals surface area (Å²) in [6.45, 7) is 1.92. The average molecular weight is 311 g/mol. The summed E-state index contributed by atoms with van der Waals surface area (Å²) in [7, 11) is 0. The molecule has 0 spiro atoms. The van der Waals surface area contributed by atoms with E-state index in [-0.39, 0.29) is 18.6 Å². The number of ether oxygens (including phenoxy) is 1. The molecule has 0 saturated carbocycles. The number of hydrogen-bond acceptors (Lipinski definition) is 3. The van der Waals surface area contributed by atoms with Crippen molar-refractivity contribution < 1.29 is 14.3 Å². The van der Waals surface area contributed by atoms with Crippen molar-refractivity contribution in [3.8, 4) is 5.75 Å². The molecule has 0 heterocycles. The van der Waals surface area contributed by atoms with Gasteiger partial charge in [-0.3, -0.25) is 9.59 Å². The van der Waals surface area contributed by atoms with Crippen molar-refractivity contribution in [3.05, 3.63) is 65.7 Å². The van der Waals surface area contributed by atoms with Gasteiger partial charge in [0.1, 0.15) is 12.0 Å². The van der Waals surface area contributed by atoms with E-state index in [0.29, 0.717) is 11.3 Å². The number of carbonyl (C=O) groups excluding carboxylic acids is 2. The molecule has 1 amide bonds. The van der Waals surface area contributed by atoms with Gasteiger partial charge < -0.3 is 10.1 Å². The molecule has 0 aliphatic rings. The van der Waals surface area contributed by atoms with E-state index in [4.69, 9.17) is 4.74 Å². The van der Waals surface area contributed by atoms with E-state index in [1.165, 1.54) is 5.56 Å². The van der Waals surface area contributed by atoms with E-state index < -0.39 is 0 Å². The number of aldehydes is 1. The molecule has 23 heavy (non-hydrogen) atoms. The first kappa shape index (κ1) is 16.7.